The first-order valence-corrected chi connectivity index (χ1v) is 6.42. The van der Waals surface area contributed by atoms with E-state index in [-0.39, 0.29) is 18.7 Å². The quantitative estimate of drug-likeness (QED) is 0.781. The van der Waals surface area contributed by atoms with Crippen LogP contribution in [0.25, 0.3) is 0 Å². The maximum Gasteiger partial charge on any atom is 0.319 e. The van der Waals surface area contributed by atoms with Gasteiger partial charge in [-0.05, 0) is 24.6 Å². The van der Waals surface area contributed by atoms with Gasteiger partial charge < -0.3 is 20.5 Å². The number of urea groups is 1. The second kappa shape index (κ2) is 7.23. The lowest BCUT2D eigenvalue weighted by molar-refractivity contribution is 0.222. The maximum absolute atomic E-state index is 11.7. The van der Waals surface area contributed by atoms with Gasteiger partial charge in [-0.1, -0.05) is 22.9 Å². The van der Waals surface area contributed by atoms with Gasteiger partial charge in [-0.3, -0.25) is 0 Å². The monoisotopic (exact) mass is 316 g/mol. The summed E-state index contributed by atoms with van der Waals surface area (Å²) in [6.07, 6.45) is 0.666. The van der Waals surface area contributed by atoms with Crippen LogP contribution in [0.4, 0.5) is 10.5 Å². The third-order valence-electron chi connectivity index (χ3n) is 2.46. The second-order valence-electron chi connectivity index (χ2n) is 3.73. The molecule has 0 aliphatic heterocycles. The topological polar surface area (TPSA) is 70.6 Å². The number of ether oxygens (including phenoxy) is 1. The van der Waals surface area contributed by atoms with Gasteiger partial charge in [0.05, 0.1) is 25.4 Å². The number of amides is 2. The Morgan fingerprint density at radius 1 is 1.56 bits per heavy atom. The molecule has 0 spiro atoms. The third kappa shape index (κ3) is 4.19. The van der Waals surface area contributed by atoms with E-state index in [2.05, 4.69) is 26.6 Å². The van der Waals surface area contributed by atoms with Gasteiger partial charge >= 0.3 is 6.03 Å². The molecular weight excluding hydrogens is 300 g/mol. The van der Waals surface area contributed by atoms with Crippen molar-refractivity contribution >= 4 is 27.6 Å². The number of carbonyl (C=O) groups is 1. The molecule has 3 N–H and O–H groups in total. The Morgan fingerprint density at radius 3 is 2.83 bits per heavy atom. The molecule has 1 aromatic rings. The Morgan fingerprint density at radius 2 is 2.28 bits per heavy atom. The number of nitrogens with one attached hydrogen (secondary N) is 2. The summed E-state index contributed by atoms with van der Waals surface area (Å²) in [5.41, 5.74) is 0.567. The number of benzene rings is 1. The summed E-state index contributed by atoms with van der Waals surface area (Å²) in [6.45, 7) is 1.81. The van der Waals surface area contributed by atoms with Crippen LogP contribution in [0.15, 0.2) is 22.7 Å². The van der Waals surface area contributed by atoms with Gasteiger partial charge in [0.15, 0.2) is 0 Å². The van der Waals surface area contributed by atoms with E-state index < -0.39 is 0 Å². The molecule has 5 nitrogen and oxygen atoms in total. The lowest BCUT2D eigenvalue weighted by Gasteiger charge is -2.16. The number of hydrogen-bond acceptors (Lipinski definition) is 3. The molecule has 2 amide bonds. The third-order valence-corrected chi connectivity index (χ3v) is 2.95. The first kappa shape index (κ1) is 14.8. The van der Waals surface area contributed by atoms with E-state index in [4.69, 9.17) is 9.84 Å². The van der Waals surface area contributed by atoms with Gasteiger partial charge in [0.25, 0.3) is 0 Å². The largest absolute Gasteiger partial charge is 0.495 e. The van der Waals surface area contributed by atoms with Crippen molar-refractivity contribution in [3.63, 3.8) is 0 Å². The molecular formula is C12H17BrN2O3. The minimum absolute atomic E-state index is 0.0838. The molecule has 100 valence electrons. The van der Waals surface area contributed by atoms with Crippen LogP contribution in [0, 0.1) is 0 Å². The van der Waals surface area contributed by atoms with E-state index in [0.717, 1.165) is 4.47 Å². The van der Waals surface area contributed by atoms with Crippen LogP contribution >= 0.6 is 15.9 Å². The highest BCUT2D eigenvalue weighted by atomic mass is 79.9. The molecule has 0 aliphatic rings. The zero-order valence-electron chi connectivity index (χ0n) is 10.4. The summed E-state index contributed by atoms with van der Waals surface area (Å²) in [5, 5.41) is 14.4. The smallest absolute Gasteiger partial charge is 0.319 e. The number of aliphatic hydroxyl groups is 1. The minimum Gasteiger partial charge on any atom is -0.495 e. The standard InChI is InChI=1S/C12H17BrN2O3/c1-3-9(7-16)14-12(17)15-10-6-8(13)4-5-11(10)18-2/h4-6,9,16H,3,7H2,1-2H3,(H2,14,15,17). The molecule has 0 aliphatic carbocycles. The summed E-state index contributed by atoms with van der Waals surface area (Å²) in [6, 6.07) is 4.71. The Balaban J connectivity index is 2.71. The maximum atomic E-state index is 11.7. The van der Waals surface area contributed by atoms with Crippen LogP contribution in [0.5, 0.6) is 5.75 Å². The fraction of sp³-hybridized carbons (Fsp3) is 0.417. The number of methoxy groups -OCH3 is 1. The van der Waals surface area contributed by atoms with E-state index in [1.807, 2.05) is 13.0 Å². The van der Waals surface area contributed by atoms with Crippen molar-refractivity contribution < 1.29 is 14.6 Å². The molecule has 1 rings (SSSR count). The van der Waals surface area contributed by atoms with Crippen molar-refractivity contribution in [2.24, 2.45) is 0 Å². The predicted octanol–water partition coefficient (Wildman–Crippen LogP) is 2.35. The van der Waals surface area contributed by atoms with Crippen LogP contribution in [0.1, 0.15) is 13.3 Å². The molecule has 0 heterocycles. The molecule has 1 aromatic carbocycles. The van der Waals surface area contributed by atoms with Gasteiger partial charge in [0, 0.05) is 4.47 Å². The van der Waals surface area contributed by atoms with Gasteiger partial charge in [-0.2, -0.15) is 0 Å². The predicted molar refractivity (Wildman–Crippen MR) is 74.0 cm³/mol. The Kier molecular flexibility index (Phi) is 5.94. The van der Waals surface area contributed by atoms with Crippen molar-refractivity contribution in [2.45, 2.75) is 19.4 Å². The summed E-state index contributed by atoms with van der Waals surface area (Å²) < 4.78 is 5.99. The highest BCUT2D eigenvalue weighted by molar-refractivity contribution is 9.10. The summed E-state index contributed by atoms with van der Waals surface area (Å²) in [7, 11) is 1.54. The Labute approximate surface area is 115 Å². The normalized spacial score (nSPS) is 11.8. The minimum atomic E-state index is -0.368. The molecule has 6 heteroatoms. The van der Waals surface area contributed by atoms with Gasteiger partial charge in [-0.25, -0.2) is 4.79 Å². The van der Waals surface area contributed by atoms with Gasteiger partial charge in [-0.15, -0.1) is 0 Å². The van der Waals surface area contributed by atoms with E-state index in [1.165, 1.54) is 7.11 Å². The zero-order valence-corrected chi connectivity index (χ0v) is 12.0. The van der Waals surface area contributed by atoms with E-state index in [9.17, 15) is 4.79 Å². The van der Waals surface area contributed by atoms with Crippen LogP contribution in [0.2, 0.25) is 0 Å². The molecule has 0 bridgehead atoms. The average Bonchev–Trinajstić information content (AvgIpc) is 2.36. The lowest BCUT2D eigenvalue weighted by atomic mass is 10.2. The summed E-state index contributed by atoms with van der Waals surface area (Å²) >= 11 is 3.33. The van der Waals surface area contributed by atoms with Crippen LogP contribution in [0.3, 0.4) is 0 Å². The first-order valence-electron chi connectivity index (χ1n) is 5.62. The SMILES string of the molecule is CCC(CO)NC(=O)Nc1cc(Br)ccc1OC. The van der Waals surface area contributed by atoms with E-state index in [1.54, 1.807) is 12.1 Å². The highest BCUT2D eigenvalue weighted by Gasteiger charge is 2.11. The van der Waals surface area contributed by atoms with Crippen molar-refractivity contribution in [3.05, 3.63) is 22.7 Å². The zero-order chi connectivity index (χ0) is 13.5. The molecule has 1 atom stereocenters. The van der Waals surface area contributed by atoms with Crippen molar-refractivity contribution in [3.8, 4) is 5.75 Å². The van der Waals surface area contributed by atoms with E-state index >= 15 is 0 Å². The number of rotatable bonds is 5. The molecule has 0 aromatic heterocycles. The number of halogens is 1. The van der Waals surface area contributed by atoms with Crippen molar-refractivity contribution in [1.82, 2.24) is 5.32 Å². The molecule has 0 fully saturated rings. The number of aliphatic hydroxyl groups excluding tert-OH is 1. The van der Waals surface area contributed by atoms with Crippen molar-refractivity contribution in [1.29, 1.82) is 0 Å². The van der Waals surface area contributed by atoms with Gasteiger partial charge in [0.2, 0.25) is 0 Å². The summed E-state index contributed by atoms with van der Waals surface area (Å²) in [4.78, 5) is 11.7. The molecule has 0 saturated heterocycles. The second-order valence-corrected chi connectivity index (χ2v) is 4.65. The number of anilines is 1. The fourth-order valence-corrected chi connectivity index (χ4v) is 1.76. The van der Waals surface area contributed by atoms with E-state index in [0.29, 0.717) is 17.9 Å². The lowest BCUT2D eigenvalue weighted by Crippen LogP contribution is -2.39. The average molecular weight is 317 g/mol. The highest BCUT2D eigenvalue weighted by Crippen LogP contribution is 2.27. The number of hydrogen-bond donors (Lipinski definition) is 3. The van der Waals surface area contributed by atoms with Crippen molar-refractivity contribution in [2.75, 3.05) is 19.0 Å². The summed E-state index contributed by atoms with van der Waals surface area (Å²) in [5.74, 6) is 0.574. The fourth-order valence-electron chi connectivity index (χ4n) is 1.40. The Bertz CT molecular complexity index is 408. The van der Waals surface area contributed by atoms with Crippen LogP contribution < -0.4 is 15.4 Å². The van der Waals surface area contributed by atoms with Crippen LogP contribution in [-0.4, -0.2) is 30.9 Å². The molecule has 1 unspecified atom stereocenters. The molecule has 0 saturated carbocycles. The molecule has 18 heavy (non-hydrogen) atoms. The van der Waals surface area contributed by atoms with Crippen LogP contribution in [-0.2, 0) is 0 Å². The first-order chi connectivity index (χ1) is 8.60. The molecule has 0 radical (unpaired) electrons. The number of carbonyl (C=O) groups excluding carboxylic acids is 1. The Hall–Kier alpha value is -1.27. The van der Waals surface area contributed by atoms with Gasteiger partial charge in [0.1, 0.15) is 5.75 Å².